The van der Waals surface area contributed by atoms with Crippen LogP contribution in [0.2, 0.25) is 0 Å². The molecule has 3 aliphatic heterocycles. The number of carbonyl (C=O) groups excluding carboxylic acids is 2. The van der Waals surface area contributed by atoms with Crippen molar-refractivity contribution in [3.05, 3.63) is 76.8 Å². The number of hydrogen-bond donors (Lipinski definition) is 0. The Labute approximate surface area is 183 Å². The number of halogens is 1. The molecule has 0 bridgehead atoms. The van der Waals surface area contributed by atoms with Crippen molar-refractivity contribution in [2.24, 2.45) is 5.92 Å². The van der Waals surface area contributed by atoms with Crippen LogP contribution in [0.15, 0.2) is 71.2 Å². The summed E-state index contributed by atoms with van der Waals surface area (Å²) in [6.07, 6.45) is 1.01. The number of hydrogen-bond acceptors (Lipinski definition) is 4. The number of imide groups is 1. The first-order valence-corrected chi connectivity index (χ1v) is 11.1. The van der Waals surface area contributed by atoms with Crippen molar-refractivity contribution < 1.29 is 9.59 Å². The summed E-state index contributed by atoms with van der Waals surface area (Å²) < 4.78 is 1.00. The van der Waals surface area contributed by atoms with Gasteiger partial charge in [0.05, 0.1) is 17.6 Å². The molecule has 0 radical (unpaired) electrons. The van der Waals surface area contributed by atoms with E-state index in [2.05, 4.69) is 38.1 Å². The van der Waals surface area contributed by atoms with Crippen molar-refractivity contribution in [3.63, 3.8) is 0 Å². The van der Waals surface area contributed by atoms with Crippen LogP contribution in [0.1, 0.15) is 18.0 Å². The smallest absolute Gasteiger partial charge is 0.253 e. The predicted octanol–water partition coefficient (Wildman–Crippen LogP) is 4.14. The van der Waals surface area contributed by atoms with E-state index in [1.807, 2.05) is 54.6 Å². The number of carbonyl (C=O) groups is 2. The summed E-state index contributed by atoms with van der Waals surface area (Å²) >= 11 is 3.50. The Morgan fingerprint density at radius 2 is 1.47 bits per heavy atom. The number of benzene rings is 3. The largest absolute Gasteiger partial charge is 0.274 e. The number of hydrazine groups is 1. The molecule has 0 saturated carbocycles. The fourth-order valence-electron chi connectivity index (χ4n) is 5.41. The number of rotatable bonds is 2. The van der Waals surface area contributed by atoms with Gasteiger partial charge in [-0.1, -0.05) is 64.5 Å². The van der Waals surface area contributed by atoms with Gasteiger partial charge in [0.15, 0.2) is 0 Å². The van der Waals surface area contributed by atoms with Crippen LogP contribution in [0, 0.1) is 5.92 Å². The fourth-order valence-corrected chi connectivity index (χ4v) is 5.68. The summed E-state index contributed by atoms with van der Waals surface area (Å²) in [5.41, 5.74) is 1.77. The molecule has 5 nitrogen and oxygen atoms in total. The van der Waals surface area contributed by atoms with Crippen molar-refractivity contribution in [3.8, 4) is 0 Å². The highest BCUT2D eigenvalue weighted by molar-refractivity contribution is 9.10. The predicted molar refractivity (Wildman–Crippen MR) is 119 cm³/mol. The van der Waals surface area contributed by atoms with Gasteiger partial charge in [-0.15, -0.1) is 0 Å². The molecule has 0 aromatic heterocycles. The topological polar surface area (TPSA) is 43.9 Å². The van der Waals surface area contributed by atoms with Crippen molar-refractivity contribution in [1.82, 2.24) is 10.0 Å². The Morgan fingerprint density at radius 1 is 0.767 bits per heavy atom. The summed E-state index contributed by atoms with van der Waals surface area (Å²) in [6, 6.07) is 21.3. The molecule has 0 spiro atoms. The van der Waals surface area contributed by atoms with Gasteiger partial charge in [0.1, 0.15) is 6.04 Å². The molecule has 3 heterocycles. The molecule has 3 saturated heterocycles. The first-order valence-electron chi connectivity index (χ1n) is 10.3. The average Bonchev–Trinajstić information content (AvgIpc) is 3.41. The monoisotopic (exact) mass is 461 g/mol. The zero-order valence-electron chi connectivity index (χ0n) is 16.2. The molecule has 3 atom stereocenters. The van der Waals surface area contributed by atoms with E-state index in [4.69, 9.17) is 0 Å². The lowest BCUT2D eigenvalue weighted by atomic mass is 9.90. The second-order valence-electron chi connectivity index (χ2n) is 8.16. The van der Waals surface area contributed by atoms with Crippen LogP contribution < -0.4 is 4.90 Å². The molecule has 6 heteroatoms. The molecule has 6 rings (SSSR count). The normalized spacial score (nSPS) is 26.6. The van der Waals surface area contributed by atoms with Crippen molar-refractivity contribution in [2.75, 3.05) is 18.0 Å². The molecule has 2 amide bonds. The summed E-state index contributed by atoms with van der Waals surface area (Å²) in [6.45, 7) is 1.69. The lowest BCUT2D eigenvalue weighted by molar-refractivity contribution is -0.126. The molecular weight excluding hydrogens is 442 g/mol. The van der Waals surface area contributed by atoms with Gasteiger partial charge in [0.2, 0.25) is 5.91 Å². The Hall–Kier alpha value is -2.54. The van der Waals surface area contributed by atoms with Crippen LogP contribution in [-0.2, 0) is 9.59 Å². The molecule has 30 heavy (non-hydrogen) atoms. The van der Waals surface area contributed by atoms with Gasteiger partial charge in [-0.05, 0) is 35.6 Å². The zero-order chi connectivity index (χ0) is 20.4. The van der Waals surface area contributed by atoms with Gasteiger partial charge in [-0.25, -0.2) is 14.9 Å². The van der Waals surface area contributed by atoms with E-state index < -0.39 is 12.0 Å². The second-order valence-corrected chi connectivity index (χ2v) is 9.07. The van der Waals surface area contributed by atoms with Crippen LogP contribution in [0.25, 0.3) is 10.8 Å². The molecule has 3 aromatic carbocycles. The van der Waals surface area contributed by atoms with E-state index >= 15 is 0 Å². The molecule has 3 fully saturated rings. The van der Waals surface area contributed by atoms with Crippen molar-refractivity contribution >= 4 is 44.2 Å². The Morgan fingerprint density at radius 3 is 2.27 bits per heavy atom. The van der Waals surface area contributed by atoms with Gasteiger partial charge < -0.3 is 0 Å². The lowest BCUT2D eigenvalue weighted by Gasteiger charge is -2.30. The van der Waals surface area contributed by atoms with E-state index in [9.17, 15) is 9.59 Å². The maximum atomic E-state index is 13.8. The third-order valence-electron chi connectivity index (χ3n) is 6.62. The van der Waals surface area contributed by atoms with E-state index in [0.717, 1.165) is 40.3 Å². The van der Waals surface area contributed by atoms with Gasteiger partial charge in [0.25, 0.3) is 5.91 Å². The quantitative estimate of drug-likeness (QED) is 0.538. The fraction of sp³-hybridized carbons (Fsp3) is 0.250. The summed E-state index contributed by atoms with van der Waals surface area (Å²) in [5, 5.41) is 6.34. The van der Waals surface area contributed by atoms with Gasteiger partial charge in [0, 0.05) is 22.9 Å². The number of fused-ring (bicyclic) bond motifs is 4. The number of anilines is 1. The van der Waals surface area contributed by atoms with E-state index in [1.54, 1.807) is 0 Å². The van der Waals surface area contributed by atoms with Crippen LogP contribution in [0.3, 0.4) is 0 Å². The lowest BCUT2D eigenvalue weighted by Crippen LogP contribution is -2.44. The zero-order valence-corrected chi connectivity index (χ0v) is 17.8. The van der Waals surface area contributed by atoms with Crippen LogP contribution in [-0.4, -0.2) is 41.0 Å². The van der Waals surface area contributed by atoms with Gasteiger partial charge >= 0.3 is 0 Å². The Balaban J connectivity index is 1.48. The maximum Gasteiger partial charge on any atom is 0.253 e. The highest BCUT2D eigenvalue weighted by Gasteiger charge is 2.62. The van der Waals surface area contributed by atoms with Crippen molar-refractivity contribution in [2.45, 2.75) is 18.5 Å². The minimum absolute atomic E-state index is 0.0938. The minimum Gasteiger partial charge on any atom is -0.274 e. The molecular formula is C24H20BrN3O2. The average molecular weight is 462 g/mol. The standard InChI is InChI=1S/C24H20BrN3O2/c25-17-11-9-16(10-12-17)21-20-22(27-14-4-13-26(21)27)24(30)28(23(20)29)19-8-3-6-15-5-1-2-7-18(15)19/h1-3,5-12,20-22H,4,13-14H2/t20-,21-,22+/m0/s1. The summed E-state index contributed by atoms with van der Waals surface area (Å²) in [5.74, 6) is -0.588. The van der Waals surface area contributed by atoms with Crippen LogP contribution in [0.5, 0.6) is 0 Å². The van der Waals surface area contributed by atoms with E-state index in [-0.39, 0.29) is 17.9 Å². The van der Waals surface area contributed by atoms with Gasteiger partial charge in [-0.2, -0.15) is 0 Å². The third kappa shape index (κ3) is 2.47. The van der Waals surface area contributed by atoms with Crippen LogP contribution >= 0.6 is 15.9 Å². The Kier molecular flexibility index (Phi) is 4.10. The molecule has 150 valence electrons. The highest BCUT2D eigenvalue weighted by atomic mass is 79.9. The summed E-state index contributed by atoms with van der Waals surface area (Å²) in [7, 11) is 0. The molecule has 0 N–H and O–H groups in total. The first-order chi connectivity index (χ1) is 14.6. The highest BCUT2D eigenvalue weighted by Crippen LogP contribution is 2.49. The summed E-state index contributed by atoms with van der Waals surface area (Å²) in [4.78, 5) is 28.9. The second kappa shape index (κ2) is 6.74. The maximum absolute atomic E-state index is 13.8. The SMILES string of the molecule is O=C1[C@@H]2[C@H](C(=O)N1c1cccc3ccccc13)N1CCCN1[C@H]2c1ccc(Br)cc1. The number of amides is 2. The Bertz CT molecular complexity index is 1170. The molecule has 0 aliphatic carbocycles. The van der Waals surface area contributed by atoms with Crippen molar-refractivity contribution in [1.29, 1.82) is 0 Å². The molecule has 3 aromatic rings. The van der Waals surface area contributed by atoms with Gasteiger partial charge in [-0.3, -0.25) is 9.59 Å². The molecule has 3 aliphatic rings. The first kappa shape index (κ1) is 18.2. The minimum atomic E-state index is -0.424. The van der Waals surface area contributed by atoms with Crippen LogP contribution in [0.4, 0.5) is 5.69 Å². The number of nitrogens with zero attached hydrogens (tertiary/aromatic N) is 3. The third-order valence-corrected chi connectivity index (χ3v) is 7.15. The van der Waals surface area contributed by atoms with E-state index in [0.29, 0.717) is 5.69 Å². The van der Waals surface area contributed by atoms with E-state index in [1.165, 1.54) is 4.90 Å². The molecule has 0 unspecified atom stereocenters.